The minimum absolute atomic E-state index is 0.0351. The maximum absolute atomic E-state index is 12.6. The molecular formula is C15H21N3O3. The monoisotopic (exact) mass is 291 g/mol. The quantitative estimate of drug-likeness (QED) is 0.733. The van der Waals surface area contributed by atoms with E-state index >= 15 is 0 Å². The molecule has 114 valence electrons. The van der Waals surface area contributed by atoms with Gasteiger partial charge in [-0.05, 0) is 32.3 Å². The van der Waals surface area contributed by atoms with Crippen LogP contribution in [0.3, 0.4) is 0 Å². The highest BCUT2D eigenvalue weighted by Crippen LogP contribution is 2.30. The molecule has 0 spiro atoms. The summed E-state index contributed by atoms with van der Waals surface area (Å²) in [4.78, 5) is 24.8. The normalized spacial score (nSPS) is 22.5. The molecule has 1 amide bonds. The van der Waals surface area contributed by atoms with Gasteiger partial charge in [-0.3, -0.25) is 19.9 Å². The molecule has 1 aliphatic carbocycles. The average molecular weight is 291 g/mol. The maximum atomic E-state index is 12.6. The fourth-order valence-corrected chi connectivity index (χ4v) is 2.92. The Labute approximate surface area is 123 Å². The molecule has 2 aliphatic rings. The lowest BCUT2D eigenvalue weighted by molar-refractivity contribution is -0.137. The number of aliphatic carboxylic acids is 1. The molecule has 0 bridgehead atoms. The van der Waals surface area contributed by atoms with Crippen molar-refractivity contribution in [2.24, 2.45) is 5.73 Å². The van der Waals surface area contributed by atoms with Crippen LogP contribution in [0.2, 0.25) is 0 Å². The number of amides is 1. The summed E-state index contributed by atoms with van der Waals surface area (Å²) in [6.45, 7) is 1.69. The number of hydrogen-bond donors (Lipinski definition) is 3. The van der Waals surface area contributed by atoms with E-state index in [0.717, 1.165) is 25.7 Å². The zero-order valence-electron chi connectivity index (χ0n) is 12.2. The summed E-state index contributed by atoms with van der Waals surface area (Å²) in [6.07, 6.45) is 5.53. The van der Waals surface area contributed by atoms with Crippen LogP contribution in [0.4, 0.5) is 0 Å². The second-order valence-corrected chi connectivity index (χ2v) is 5.62. The van der Waals surface area contributed by atoms with Gasteiger partial charge >= 0.3 is 5.97 Å². The standard InChI is InChI=1S/C15H21N3O3/c1-9(16)12-8-10(6-7-13(19)20)15(21)18(14(12)17)11-4-2-3-5-11/h8,11,17H,2-7,16H2,1H3,(H,19,20)/b12-9-,17-14?. The highest BCUT2D eigenvalue weighted by molar-refractivity contribution is 6.16. The molecule has 0 aromatic heterocycles. The summed E-state index contributed by atoms with van der Waals surface area (Å²) in [7, 11) is 0. The topological polar surface area (TPSA) is 107 Å². The van der Waals surface area contributed by atoms with E-state index in [2.05, 4.69) is 0 Å². The van der Waals surface area contributed by atoms with Gasteiger partial charge in [-0.1, -0.05) is 12.8 Å². The van der Waals surface area contributed by atoms with Gasteiger partial charge < -0.3 is 10.8 Å². The molecule has 1 saturated carbocycles. The van der Waals surface area contributed by atoms with Gasteiger partial charge in [-0.2, -0.15) is 0 Å². The van der Waals surface area contributed by atoms with Crippen molar-refractivity contribution in [3.8, 4) is 0 Å². The molecule has 1 aliphatic heterocycles. The molecule has 0 atom stereocenters. The highest BCUT2D eigenvalue weighted by Gasteiger charge is 2.36. The number of carboxylic acid groups (broad SMARTS) is 1. The number of amidine groups is 1. The fraction of sp³-hybridized carbons (Fsp3) is 0.533. The Morgan fingerprint density at radius 2 is 2.10 bits per heavy atom. The van der Waals surface area contributed by atoms with Crippen molar-refractivity contribution in [1.82, 2.24) is 4.90 Å². The second kappa shape index (κ2) is 6.11. The van der Waals surface area contributed by atoms with Crippen molar-refractivity contribution in [3.63, 3.8) is 0 Å². The summed E-state index contributed by atoms with van der Waals surface area (Å²) in [5.74, 6) is -1.03. The lowest BCUT2D eigenvalue weighted by atomic mass is 9.96. The van der Waals surface area contributed by atoms with E-state index in [1.165, 1.54) is 4.90 Å². The van der Waals surface area contributed by atoms with Gasteiger partial charge in [0.2, 0.25) is 0 Å². The van der Waals surface area contributed by atoms with Crippen molar-refractivity contribution in [1.29, 1.82) is 5.41 Å². The maximum Gasteiger partial charge on any atom is 0.303 e. The number of hydrogen-bond acceptors (Lipinski definition) is 4. The molecule has 0 unspecified atom stereocenters. The summed E-state index contributed by atoms with van der Waals surface area (Å²) in [6, 6.07) is 0.0351. The van der Waals surface area contributed by atoms with E-state index < -0.39 is 5.97 Å². The van der Waals surface area contributed by atoms with E-state index in [4.69, 9.17) is 16.2 Å². The smallest absolute Gasteiger partial charge is 0.303 e. The number of nitrogens with two attached hydrogens (primary N) is 1. The molecule has 6 nitrogen and oxygen atoms in total. The Balaban J connectivity index is 2.33. The van der Waals surface area contributed by atoms with Gasteiger partial charge in [-0.15, -0.1) is 0 Å². The van der Waals surface area contributed by atoms with Crippen molar-refractivity contribution < 1.29 is 14.7 Å². The third kappa shape index (κ3) is 3.15. The number of nitrogens with zero attached hydrogens (tertiary/aromatic N) is 1. The number of nitrogens with one attached hydrogen (secondary N) is 1. The summed E-state index contributed by atoms with van der Waals surface area (Å²) < 4.78 is 0. The summed E-state index contributed by atoms with van der Waals surface area (Å²) >= 11 is 0. The Hall–Kier alpha value is -2.11. The lowest BCUT2D eigenvalue weighted by Crippen LogP contribution is -2.47. The summed E-state index contributed by atoms with van der Waals surface area (Å²) in [5.41, 5.74) is 7.26. The van der Waals surface area contributed by atoms with E-state index in [1.807, 2.05) is 0 Å². The van der Waals surface area contributed by atoms with E-state index in [9.17, 15) is 9.59 Å². The highest BCUT2D eigenvalue weighted by atomic mass is 16.4. The Bertz CT molecular complexity index is 538. The molecular weight excluding hydrogens is 270 g/mol. The van der Waals surface area contributed by atoms with Gasteiger partial charge in [0.1, 0.15) is 5.84 Å². The van der Waals surface area contributed by atoms with Gasteiger partial charge in [0.15, 0.2) is 0 Å². The van der Waals surface area contributed by atoms with Crippen LogP contribution in [0.5, 0.6) is 0 Å². The Morgan fingerprint density at radius 1 is 1.48 bits per heavy atom. The van der Waals surface area contributed by atoms with Crippen LogP contribution >= 0.6 is 0 Å². The Kier molecular flexibility index (Phi) is 4.45. The first-order valence-corrected chi connectivity index (χ1v) is 7.23. The minimum atomic E-state index is -0.938. The van der Waals surface area contributed by atoms with Crippen molar-refractivity contribution in [3.05, 3.63) is 22.9 Å². The first-order valence-electron chi connectivity index (χ1n) is 7.23. The number of rotatable bonds is 4. The van der Waals surface area contributed by atoms with Crippen molar-refractivity contribution in [2.75, 3.05) is 0 Å². The second-order valence-electron chi connectivity index (χ2n) is 5.62. The van der Waals surface area contributed by atoms with Gasteiger partial charge in [0.05, 0.1) is 0 Å². The molecule has 6 heteroatoms. The number of carboxylic acids is 1. The SMILES string of the molecule is C/C(N)=C1\C=C(CCC(=O)O)C(=O)N(C2CCCC2)C1=N. The van der Waals surface area contributed by atoms with Crippen LogP contribution in [0.1, 0.15) is 45.4 Å². The lowest BCUT2D eigenvalue weighted by Gasteiger charge is -2.34. The average Bonchev–Trinajstić information content (AvgIpc) is 2.91. The zero-order chi connectivity index (χ0) is 15.6. The van der Waals surface area contributed by atoms with Gasteiger partial charge in [0.25, 0.3) is 5.91 Å². The fourth-order valence-electron chi connectivity index (χ4n) is 2.92. The third-order valence-corrected chi connectivity index (χ3v) is 4.03. The van der Waals surface area contributed by atoms with Crippen LogP contribution in [-0.4, -0.2) is 33.8 Å². The predicted octanol–water partition coefficient (Wildman–Crippen LogP) is 1.77. The zero-order valence-corrected chi connectivity index (χ0v) is 12.2. The molecule has 0 aromatic carbocycles. The van der Waals surface area contributed by atoms with Crippen LogP contribution in [0.15, 0.2) is 22.9 Å². The predicted molar refractivity (Wildman–Crippen MR) is 78.7 cm³/mol. The first kappa shape index (κ1) is 15.3. The third-order valence-electron chi connectivity index (χ3n) is 4.03. The number of carbonyl (C=O) groups excluding carboxylic acids is 1. The van der Waals surface area contributed by atoms with E-state index in [0.29, 0.717) is 16.8 Å². The van der Waals surface area contributed by atoms with Gasteiger partial charge in [0, 0.05) is 29.3 Å². The van der Waals surface area contributed by atoms with E-state index in [-0.39, 0.29) is 30.6 Å². The van der Waals surface area contributed by atoms with Crippen molar-refractivity contribution in [2.45, 2.75) is 51.5 Å². The molecule has 2 rings (SSSR count). The van der Waals surface area contributed by atoms with Crippen LogP contribution in [-0.2, 0) is 9.59 Å². The molecule has 1 fully saturated rings. The Morgan fingerprint density at radius 3 is 2.62 bits per heavy atom. The first-order chi connectivity index (χ1) is 9.91. The molecule has 0 radical (unpaired) electrons. The molecule has 0 saturated heterocycles. The van der Waals surface area contributed by atoms with Crippen molar-refractivity contribution >= 4 is 17.7 Å². The minimum Gasteiger partial charge on any atom is -0.481 e. The molecule has 1 heterocycles. The van der Waals surface area contributed by atoms with Crippen LogP contribution < -0.4 is 5.73 Å². The molecule has 4 N–H and O–H groups in total. The van der Waals surface area contributed by atoms with Crippen LogP contribution in [0, 0.1) is 5.41 Å². The summed E-state index contributed by atoms with van der Waals surface area (Å²) in [5, 5.41) is 17.0. The number of allylic oxidation sites excluding steroid dienone is 1. The molecule has 0 aromatic rings. The van der Waals surface area contributed by atoms with Crippen LogP contribution in [0.25, 0.3) is 0 Å². The van der Waals surface area contributed by atoms with E-state index in [1.54, 1.807) is 13.0 Å². The number of carbonyl (C=O) groups is 2. The van der Waals surface area contributed by atoms with Gasteiger partial charge in [-0.25, -0.2) is 0 Å². The largest absolute Gasteiger partial charge is 0.481 e. The molecule has 21 heavy (non-hydrogen) atoms.